The molecule has 0 fully saturated rings. The molecule has 0 spiro atoms. The number of carbonyl (C=O) groups is 2. The third kappa shape index (κ3) is 5.11. The molecule has 0 radical (unpaired) electrons. The van der Waals surface area contributed by atoms with Crippen LogP contribution in [0.3, 0.4) is 0 Å². The molecule has 0 saturated heterocycles. The molecule has 2 N–H and O–H groups in total. The standard InChI is InChI=1S/C21H15BrFN3O2/c22-16-5-3-4-14(12-16)13-24-26-21(28)18-6-1-2-7-19(18)25-20(27)15-8-10-17(23)11-9-15/h1-13H,(H,25,27)(H,26,28). The number of amides is 2. The Hall–Kier alpha value is -3.32. The molecular formula is C21H15BrFN3O2. The zero-order chi connectivity index (χ0) is 19.9. The molecule has 3 aromatic carbocycles. The molecule has 0 heterocycles. The molecule has 140 valence electrons. The molecule has 7 heteroatoms. The minimum absolute atomic E-state index is 0.254. The summed E-state index contributed by atoms with van der Waals surface area (Å²) in [5.74, 6) is -1.35. The lowest BCUT2D eigenvalue weighted by Crippen LogP contribution is -2.21. The van der Waals surface area contributed by atoms with Gasteiger partial charge in [0.2, 0.25) is 0 Å². The maximum absolute atomic E-state index is 13.0. The van der Waals surface area contributed by atoms with Crippen LogP contribution < -0.4 is 10.7 Å². The van der Waals surface area contributed by atoms with E-state index >= 15 is 0 Å². The van der Waals surface area contributed by atoms with E-state index in [1.165, 1.54) is 30.5 Å². The summed E-state index contributed by atoms with van der Waals surface area (Å²) in [4.78, 5) is 24.8. The molecule has 5 nitrogen and oxygen atoms in total. The average Bonchev–Trinajstić information content (AvgIpc) is 2.69. The zero-order valence-electron chi connectivity index (χ0n) is 14.5. The predicted octanol–water partition coefficient (Wildman–Crippen LogP) is 4.60. The number of hydrogen-bond donors (Lipinski definition) is 2. The maximum Gasteiger partial charge on any atom is 0.273 e. The summed E-state index contributed by atoms with van der Waals surface area (Å²) in [6.07, 6.45) is 1.52. The Balaban J connectivity index is 1.71. The Kier molecular flexibility index (Phi) is 6.29. The molecule has 3 rings (SSSR count). The first-order chi connectivity index (χ1) is 13.5. The summed E-state index contributed by atoms with van der Waals surface area (Å²) in [6.45, 7) is 0. The van der Waals surface area contributed by atoms with Gasteiger partial charge in [-0.25, -0.2) is 9.82 Å². The quantitative estimate of drug-likeness (QED) is 0.450. The van der Waals surface area contributed by atoms with Crippen LogP contribution in [-0.4, -0.2) is 18.0 Å². The number of hydrazone groups is 1. The fourth-order valence-electron chi connectivity index (χ4n) is 2.40. The summed E-state index contributed by atoms with van der Waals surface area (Å²) in [5.41, 5.74) is 4.12. The van der Waals surface area contributed by atoms with Gasteiger partial charge in [0.1, 0.15) is 5.82 Å². The summed E-state index contributed by atoms with van der Waals surface area (Å²) >= 11 is 3.37. The highest BCUT2D eigenvalue weighted by Gasteiger charge is 2.13. The van der Waals surface area contributed by atoms with E-state index in [1.54, 1.807) is 24.3 Å². The van der Waals surface area contributed by atoms with Gasteiger partial charge < -0.3 is 5.32 Å². The van der Waals surface area contributed by atoms with E-state index in [-0.39, 0.29) is 11.1 Å². The van der Waals surface area contributed by atoms with E-state index in [4.69, 9.17) is 0 Å². The van der Waals surface area contributed by atoms with Crippen molar-refractivity contribution in [2.75, 3.05) is 5.32 Å². The molecule has 0 atom stereocenters. The molecular weight excluding hydrogens is 425 g/mol. The molecule has 2 amide bonds. The minimum atomic E-state index is -0.471. The Labute approximate surface area is 169 Å². The first-order valence-corrected chi connectivity index (χ1v) is 9.07. The zero-order valence-corrected chi connectivity index (χ0v) is 16.1. The van der Waals surface area contributed by atoms with Gasteiger partial charge in [-0.1, -0.05) is 40.2 Å². The van der Waals surface area contributed by atoms with Crippen molar-refractivity contribution in [1.82, 2.24) is 5.43 Å². The van der Waals surface area contributed by atoms with Gasteiger partial charge in [-0.3, -0.25) is 9.59 Å². The van der Waals surface area contributed by atoms with Crippen molar-refractivity contribution in [2.45, 2.75) is 0 Å². The van der Waals surface area contributed by atoms with Crippen molar-refractivity contribution in [1.29, 1.82) is 0 Å². The maximum atomic E-state index is 13.0. The van der Waals surface area contributed by atoms with E-state index < -0.39 is 17.6 Å². The first kappa shape index (κ1) is 19.4. The van der Waals surface area contributed by atoms with Crippen LogP contribution in [0.4, 0.5) is 10.1 Å². The summed E-state index contributed by atoms with van der Waals surface area (Å²) < 4.78 is 13.9. The number of benzene rings is 3. The lowest BCUT2D eigenvalue weighted by molar-refractivity contribution is 0.0956. The van der Waals surface area contributed by atoms with Crippen LogP contribution in [0.25, 0.3) is 0 Å². The van der Waals surface area contributed by atoms with Crippen LogP contribution in [-0.2, 0) is 0 Å². The normalized spacial score (nSPS) is 10.6. The molecule has 0 aliphatic heterocycles. The van der Waals surface area contributed by atoms with Gasteiger partial charge in [-0.15, -0.1) is 0 Å². The predicted molar refractivity (Wildman–Crippen MR) is 110 cm³/mol. The number of halogens is 2. The molecule has 3 aromatic rings. The Morgan fingerprint density at radius 3 is 2.43 bits per heavy atom. The lowest BCUT2D eigenvalue weighted by Gasteiger charge is -2.10. The van der Waals surface area contributed by atoms with Crippen molar-refractivity contribution >= 4 is 39.6 Å². The van der Waals surface area contributed by atoms with Gasteiger partial charge in [0.05, 0.1) is 17.5 Å². The summed E-state index contributed by atoms with van der Waals surface area (Å²) in [5, 5.41) is 6.61. The van der Waals surface area contributed by atoms with Crippen molar-refractivity contribution in [3.8, 4) is 0 Å². The molecule has 0 bridgehead atoms. The van der Waals surface area contributed by atoms with Crippen LogP contribution in [0.15, 0.2) is 82.4 Å². The Bertz CT molecular complexity index is 1040. The molecule has 0 aliphatic rings. The highest BCUT2D eigenvalue weighted by atomic mass is 79.9. The van der Waals surface area contributed by atoms with Crippen LogP contribution in [0.5, 0.6) is 0 Å². The largest absolute Gasteiger partial charge is 0.321 e. The molecule has 0 unspecified atom stereocenters. The fourth-order valence-corrected chi connectivity index (χ4v) is 2.82. The second kappa shape index (κ2) is 9.05. The SMILES string of the molecule is O=C(Nc1ccccc1C(=O)NN=Cc1cccc(Br)c1)c1ccc(F)cc1. The fraction of sp³-hybridized carbons (Fsp3) is 0. The third-order valence-corrected chi connectivity index (χ3v) is 4.25. The second-order valence-electron chi connectivity index (χ2n) is 5.76. The van der Waals surface area contributed by atoms with Gasteiger partial charge >= 0.3 is 0 Å². The average molecular weight is 440 g/mol. The van der Waals surface area contributed by atoms with E-state index in [9.17, 15) is 14.0 Å². The lowest BCUT2D eigenvalue weighted by atomic mass is 10.1. The molecule has 28 heavy (non-hydrogen) atoms. The number of hydrogen-bond acceptors (Lipinski definition) is 3. The Morgan fingerprint density at radius 2 is 1.68 bits per heavy atom. The number of nitrogens with one attached hydrogen (secondary N) is 2. The van der Waals surface area contributed by atoms with E-state index in [0.717, 1.165) is 10.0 Å². The number of para-hydroxylation sites is 1. The smallest absolute Gasteiger partial charge is 0.273 e. The number of anilines is 1. The summed E-state index contributed by atoms with van der Waals surface area (Å²) in [7, 11) is 0. The van der Waals surface area contributed by atoms with Crippen LogP contribution in [0.1, 0.15) is 26.3 Å². The van der Waals surface area contributed by atoms with Gasteiger partial charge in [0.15, 0.2) is 0 Å². The van der Waals surface area contributed by atoms with Crippen LogP contribution in [0, 0.1) is 5.82 Å². The van der Waals surface area contributed by atoms with Crippen molar-refractivity contribution in [3.63, 3.8) is 0 Å². The van der Waals surface area contributed by atoms with Gasteiger partial charge in [-0.2, -0.15) is 5.10 Å². The topological polar surface area (TPSA) is 70.6 Å². The minimum Gasteiger partial charge on any atom is -0.321 e. The molecule has 0 aromatic heterocycles. The van der Waals surface area contributed by atoms with E-state index in [1.807, 2.05) is 24.3 Å². The van der Waals surface area contributed by atoms with Crippen molar-refractivity contribution in [3.05, 3.63) is 99.8 Å². The second-order valence-corrected chi connectivity index (χ2v) is 6.68. The monoisotopic (exact) mass is 439 g/mol. The van der Waals surface area contributed by atoms with Gasteiger partial charge in [-0.05, 0) is 54.1 Å². The third-order valence-electron chi connectivity index (χ3n) is 3.75. The molecule has 0 aliphatic carbocycles. The highest BCUT2D eigenvalue weighted by molar-refractivity contribution is 9.10. The van der Waals surface area contributed by atoms with Crippen LogP contribution in [0.2, 0.25) is 0 Å². The number of rotatable bonds is 5. The van der Waals surface area contributed by atoms with Gasteiger partial charge in [0.25, 0.3) is 11.8 Å². The number of carbonyl (C=O) groups excluding carboxylic acids is 2. The van der Waals surface area contributed by atoms with E-state index in [2.05, 4.69) is 31.8 Å². The Morgan fingerprint density at radius 1 is 0.929 bits per heavy atom. The van der Waals surface area contributed by atoms with Crippen LogP contribution >= 0.6 is 15.9 Å². The first-order valence-electron chi connectivity index (χ1n) is 8.28. The van der Waals surface area contributed by atoms with Gasteiger partial charge in [0, 0.05) is 10.0 Å². The molecule has 0 saturated carbocycles. The highest BCUT2D eigenvalue weighted by Crippen LogP contribution is 2.16. The van der Waals surface area contributed by atoms with E-state index in [0.29, 0.717) is 5.69 Å². The summed E-state index contributed by atoms with van der Waals surface area (Å²) in [6, 6.07) is 19.1. The van der Waals surface area contributed by atoms with Crippen molar-refractivity contribution < 1.29 is 14.0 Å². The van der Waals surface area contributed by atoms with Crippen molar-refractivity contribution in [2.24, 2.45) is 5.10 Å². The number of nitrogens with zero attached hydrogens (tertiary/aromatic N) is 1.